The second kappa shape index (κ2) is 21.5. The number of aliphatic hydroxyl groups excluding tert-OH is 2. The van der Waals surface area contributed by atoms with E-state index in [1.54, 1.807) is 45.3 Å². The van der Waals surface area contributed by atoms with Gasteiger partial charge in [-0.25, -0.2) is 4.79 Å². The van der Waals surface area contributed by atoms with Crippen LogP contribution in [0.3, 0.4) is 0 Å². The van der Waals surface area contributed by atoms with Crippen LogP contribution in [-0.4, -0.2) is 113 Å². The lowest BCUT2D eigenvalue weighted by molar-refractivity contribution is -0.273. The Balaban J connectivity index is 1.86. The van der Waals surface area contributed by atoms with Gasteiger partial charge in [-0.3, -0.25) is 14.4 Å². The van der Waals surface area contributed by atoms with Crippen molar-refractivity contribution in [2.75, 3.05) is 20.8 Å². The molecule has 9 unspecified atom stereocenters. The van der Waals surface area contributed by atoms with E-state index in [-0.39, 0.29) is 49.0 Å². The Hall–Kier alpha value is -2.74. The third-order valence-electron chi connectivity index (χ3n) is 12.0. The van der Waals surface area contributed by atoms with E-state index >= 15 is 0 Å². The number of carbonyl (C=O) groups is 4. The standard InChI is InChI=1S/C42H67NO11/c1-9-14-30(15-10-2)34(46)25-33(45)28(6)38(26(4)23-29-19-20-32(44)37(24-29)52-8)53-41(49)31-17-12-13-22-43(31)40(48)39(47)42(50)27(5)18-21-36(54-42)35(51-7)16-11-3/h9-11,16,26-33,35-38,44-45,50H,1-2,12-15,17-25H2,3-8H3/b16-11-/t26?,27-,28?,29+,31+,32?,33?,35?,36?,37?,38?,42?/m1/s1. The molecule has 1 amide bonds. The Bertz CT molecular complexity index is 1290. The first kappa shape index (κ1) is 45.6. The number of nitrogens with zero attached hydrogens (tertiary/aromatic N) is 1. The molecular weight excluding hydrogens is 694 g/mol. The van der Waals surface area contributed by atoms with Crippen molar-refractivity contribution in [2.24, 2.45) is 29.6 Å². The van der Waals surface area contributed by atoms with E-state index < -0.39 is 71.8 Å². The Labute approximate surface area is 322 Å². The van der Waals surface area contributed by atoms with Crippen LogP contribution >= 0.6 is 0 Å². The Morgan fingerprint density at radius 3 is 2.31 bits per heavy atom. The molecule has 3 N–H and O–H groups in total. The van der Waals surface area contributed by atoms with E-state index in [1.807, 2.05) is 13.8 Å². The second-order valence-electron chi connectivity index (χ2n) is 15.9. The summed E-state index contributed by atoms with van der Waals surface area (Å²) in [6.45, 7) is 14.8. The molecule has 3 fully saturated rings. The third-order valence-corrected chi connectivity index (χ3v) is 12.0. The highest BCUT2D eigenvalue weighted by molar-refractivity contribution is 6.39. The van der Waals surface area contributed by atoms with Gasteiger partial charge in [0.15, 0.2) is 0 Å². The maximum atomic E-state index is 14.2. The predicted molar refractivity (Wildman–Crippen MR) is 204 cm³/mol. The molecule has 3 rings (SSSR count). The predicted octanol–water partition coefficient (Wildman–Crippen LogP) is 4.87. The summed E-state index contributed by atoms with van der Waals surface area (Å²) in [7, 11) is 3.08. The molecule has 12 nitrogen and oxygen atoms in total. The Morgan fingerprint density at radius 1 is 1.02 bits per heavy atom. The number of carbonyl (C=O) groups excluding carboxylic acids is 4. The Morgan fingerprint density at radius 2 is 1.70 bits per heavy atom. The van der Waals surface area contributed by atoms with E-state index in [2.05, 4.69) is 13.2 Å². The molecule has 2 heterocycles. The number of Topliss-reactive ketones (excluding diaryl/α,β-unsaturated/α-hetero) is 2. The van der Waals surface area contributed by atoms with Gasteiger partial charge in [0.05, 0.1) is 24.4 Å². The van der Waals surface area contributed by atoms with Crippen molar-refractivity contribution < 1.29 is 53.4 Å². The summed E-state index contributed by atoms with van der Waals surface area (Å²) in [5.74, 6) is -7.25. The number of esters is 1. The number of methoxy groups -OCH3 is 2. The summed E-state index contributed by atoms with van der Waals surface area (Å²) in [4.78, 5) is 56.6. The van der Waals surface area contributed by atoms with Gasteiger partial charge in [-0.05, 0) is 89.4 Å². The van der Waals surface area contributed by atoms with Crippen LogP contribution in [0.5, 0.6) is 0 Å². The molecule has 1 aliphatic carbocycles. The first-order chi connectivity index (χ1) is 25.7. The van der Waals surface area contributed by atoms with Crippen molar-refractivity contribution in [3.05, 3.63) is 37.5 Å². The molecule has 3 aliphatic rings. The van der Waals surface area contributed by atoms with E-state index in [1.165, 1.54) is 12.0 Å². The molecule has 2 saturated heterocycles. The van der Waals surface area contributed by atoms with Crippen LogP contribution < -0.4 is 0 Å². The van der Waals surface area contributed by atoms with Gasteiger partial charge in [-0.15, -0.1) is 13.2 Å². The van der Waals surface area contributed by atoms with Crippen LogP contribution in [-0.2, 0) is 38.1 Å². The van der Waals surface area contributed by atoms with Crippen LogP contribution in [0.1, 0.15) is 105 Å². The minimum Gasteiger partial charge on any atom is -0.460 e. The van der Waals surface area contributed by atoms with Crippen molar-refractivity contribution in [1.29, 1.82) is 0 Å². The smallest absolute Gasteiger partial charge is 0.329 e. The third kappa shape index (κ3) is 11.4. The van der Waals surface area contributed by atoms with E-state index in [4.69, 9.17) is 18.9 Å². The van der Waals surface area contributed by atoms with E-state index in [0.29, 0.717) is 57.8 Å². The quantitative estimate of drug-likeness (QED) is 0.0880. The van der Waals surface area contributed by atoms with Gasteiger partial charge in [-0.1, -0.05) is 45.1 Å². The summed E-state index contributed by atoms with van der Waals surface area (Å²) < 4.78 is 23.3. The summed E-state index contributed by atoms with van der Waals surface area (Å²) >= 11 is 0. The van der Waals surface area contributed by atoms with Gasteiger partial charge in [-0.2, -0.15) is 0 Å². The minimum absolute atomic E-state index is 0.112. The molecule has 0 bridgehead atoms. The maximum absolute atomic E-state index is 14.2. The monoisotopic (exact) mass is 761 g/mol. The molecule has 0 aromatic rings. The fourth-order valence-electron chi connectivity index (χ4n) is 8.59. The van der Waals surface area contributed by atoms with Crippen molar-refractivity contribution >= 4 is 23.4 Å². The molecule has 12 heteroatoms. The average molecular weight is 762 g/mol. The van der Waals surface area contributed by atoms with E-state index in [9.17, 15) is 34.5 Å². The molecule has 306 valence electrons. The number of ketones is 2. The molecule has 1 saturated carbocycles. The van der Waals surface area contributed by atoms with Crippen molar-refractivity contribution in [3.8, 4) is 0 Å². The zero-order valence-corrected chi connectivity index (χ0v) is 33.4. The number of amides is 1. The van der Waals surface area contributed by atoms with Crippen LogP contribution in [0.4, 0.5) is 0 Å². The number of piperidine rings is 1. The molecule has 2 aliphatic heterocycles. The van der Waals surface area contributed by atoms with Crippen molar-refractivity contribution in [3.63, 3.8) is 0 Å². The van der Waals surface area contributed by atoms with Crippen molar-refractivity contribution in [1.82, 2.24) is 4.90 Å². The van der Waals surface area contributed by atoms with Gasteiger partial charge in [0.1, 0.15) is 24.0 Å². The number of hydrogen-bond donors (Lipinski definition) is 3. The number of hydrogen-bond acceptors (Lipinski definition) is 11. The number of likely N-dealkylation sites (tertiary alicyclic amines) is 1. The molecule has 0 spiro atoms. The highest BCUT2D eigenvalue weighted by atomic mass is 16.6. The number of aliphatic hydroxyl groups is 3. The van der Waals surface area contributed by atoms with Crippen LogP contribution in [0.25, 0.3) is 0 Å². The molecule has 0 aromatic heterocycles. The average Bonchev–Trinajstić information content (AvgIpc) is 3.16. The zero-order valence-electron chi connectivity index (χ0n) is 33.4. The highest BCUT2D eigenvalue weighted by Crippen LogP contribution is 2.38. The number of allylic oxidation sites excluding steroid dienone is 3. The lowest BCUT2D eigenvalue weighted by Crippen LogP contribution is -2.61. The summed E-state index contributed by atoms with van der Waals surface area (Å²) in [6.07, 6.45) is 8.50. The lowest BCUT2D eigenvalue weighted by atomic mass is 9.76. The minimum atomic E-state index is -2.41. The molecule has 0 radical (unpaired) electrons. The van der Waals surface area contributed by atoms with Crippen LogP contribution in [0.2, 0.25) is 0 Å². The van der Waals surface area contributed by atoms with Crippen LogP contribution in [0.15, 0.2) is 37.5 Å². The number of rotatable bonds is 20. The first-order valence-corrected chi connectivity index (χ1v) is 19.9. The fraction of sp³-hybridized carbons (Fsp3) is 0.762. The fourth-order valence-corrected chi connectivity index (χ4v) is 8.59. The molecule has 0 aromatic carbocycles. The molecule has 12 atom stereocenters. The maximum Gasteiger partial charge on any atom is 0.329 e. The van der Waals surface area contributed by atoms with Gasteiger partial charge < -0.3 is 39.2 Å². The van der Waals surface area contributed by atoms with Gasteiger partial charge in [0, 0.05) is 44.9 Å². The molecular formula is C42H67NO11. The summed E-state index contributed by atoms with van der Waals surface area (Å²) in [5, 5.41) is 33.5. The summed E-state index contributed by atoms with van der Waals surface area (Å²) in [5.41, 5.74) is 0. The van der Waals surface area contributed by atoms with Gasteiger partial charge in [0.25, 0.3) is 11.7 Å². The molecule has 54 heavy (non-hydrogen) atoms. The SMILES string of the molecule is C=CCC(CC=C)C(=O)CC(O)C(C)C(OC(=O)[C@@H]1CCCCN1C(=O)C(=O)C1(O)OC(C(/C=C\C)OC)CC[C@H]1C)C(C)C[C@@H]1CCC(O)C(OC)C1. The first-order valence-electron chi connectivity index (χ1n) is 19.9. The van der Waals surface area contributed by atoms with Gasteiger partial charge >= 0.3 is 5.97 Å². The van der Waals surface area contributed by atoms with E-state index in [0.717, 1.165) is 6.42 Å². The van der Waals surface area contributed by atoms with Crippen molar-refractivity contribution in [2.45, 2.75) is 153 Å². The second-order valence-corrected chi connectivity index (χ2v) is 15.9. The largest absolute Gasteiger partial charge is 0.460 e. The van der Waals surface area contributed by atoms with Gasteiger partial charge in [0.2, 0.25) is 5.79 Å². The normalized spacial score (nSPS) is 30.6. The van der Waals surface area contributed by atoms with Crippen LogP contribution in [0, 0.1) is 29.6 Å². The number of ether oxygens (including phenoxy) is 4. The summed E-state index contributed by atoms with van der Waals surface area (Å²) in [6, 6.07) is -1.10. The topological polar surface area (TPSA) is 169 Å². The Kier molecular flexibility index (Phi) is 18.2. The lowest BCUT2D eigenvalue weighted by Gasteiger charge is -2.43. The highest BCUT2D eigenvalue weighted by Gasteiger charge is 2.54. The zero-order chi connectivity index (χ0) is 40.2.